The molecule has 2 aliphatic rings. The first-order valence-electron chi connectivity index (χ1n) is 9.92. The summed E-state index contributed by atoms with van der Waals surface area (Å²) in [6.45, 7) is 3.06. The third-order valence-electron chi connectivity index (χ3n) is 5.34. The summed E-state index contributed by atoms with van der Waals surface area (Å²) >= 11 is 5.88. The molecule has 7 heteroatoms. The second-order valence-electron chi connectivity index (χ2n) is 7.38. The van der Waals surface area contributed by atoms with Crippen LogP contribution in [0, 0.1) is 0 Å². The van der Waals surface area contributed by atoms with Crippen LogP contribution in [0.3, 0.4) is 0 Å². The van der Waals surface area contributed by atoms with Crippen molar-refractivity contribution < 1.29 is 14.3 Å². The highest BCUT2D eigenvalue weighted by atomic mass is 35.5. The second-order valence-corrected chi connectivity index (χ2v) is 7.81. The topological polar surface area (TPSA) is 61.9 Å². The molecule has 0 spiro atoms. The smallest absolute Gasteiger partial charge is 0.321 e. The average Bonchev–Trinajstić information content (AvgIpc) is 3.03. The van der Waals surface area contributed by atoms with E-state index in [9.17, 15) is 9.59 Å². The first-order chi connectivity index (χ1) is 14.1. The maximum Gasteiger partial charge on any atom is 0.321 e. The molecule has 0 saturated carbocycles. The van der Waals surface area contributed by atoms with Crippen LogP contribution in [0.4, 0.5) is 10.5 Å². The molecule has 0 bridgehead atoms. The van der Waals surface area contributed by atoms with Crippen molar-refractivity contribution in [2.75, 3.05) is 38.1 Å². The Hall–Kier alpha value is -2.73. The summed E-state index contributed by atoms with van der Waals surface area (Å²) in [6.07, 6.45) is 2.04. The highest BCUT2D eigenvalue weighted by Crippen LogP contribution is 2.26. The Morgan fingerprint density at radius 3 is 2.59 bits per heavy atom. The molecule has 29 heavy (non-hydrogen) atoms. The number of hydrogen-bond acceptors (Lipinski definition) is 3. The molecule has 1 fully saturated rings. The molecule has 0 unspecified atom stereocenters. The first kappa shape index (κ1) is 19.6. The molecule has 0 aliphatic carbocycles. The third-order valence-corrected chi connectivity index (χ3v) is 5.59. The summed E-state index contributed by atoms with van der Waals surface area (Å²) in [7, 11) is 0. The molecule has 2 aromatic carbocycles. The number of amides is 3. The lowest BCUT2D eigenvalue weighted by molar-refractivity contribution is -0.130. The Morgan fingerprint density at radius 1 is 1.00 bits per heavy atom. The number of halogens is 1. The lowest BCUT2D eigenvalue weighted by Gasteiger charge is -2.22. The van der Waals surface area contributed by atoms with E-state index in [0.717, 1.165) is 24.2 Å². The van der Waals surface area contributed by atoms with Crippen molar-refractivity contribution in [3.05, 3.63) is 58.6 Å². The molecule has 2 aliphatic heterocycles. The molecule has 0 radical (unpaired) electrons. The molecule has 3 amide bonds. The highest BCUT2D eigenvalue weighted by molar-refractivity contribution is 6.30. The van der Waals surface area contributed by atoms with Crippen LogP contribution in [-0.2, 0) is 17.6 Å². The first-order valence-corrected chi connectivity index (χ1v) is 10.3. The van der Waals surface area contributed by atoms with Gasteiger partial charge >= 0.3 is 6.03 Å². The second kappa shape index (κ2) is 8.74. The van der Waals surface area contributed by atoms with E-state index in [-0.39, 0.29) is 11.9 Å². The van der Waals surface area contributed by atoms with E-state index in [4.69, 9.17) is 16.3 Å². The van der Waals surface area contributed by atoms with Gasteiger partial charge in [0.05, 0.1) is 13.0 Å². The van der Waals surface area contributed by atoms with Crippen molar-refractivity contribution in [3.8, 4) is 5.75 Å². The minimum Gasteiger partial charge on any atom is -0.493 e. The zero-order valence-electron chi connectivity index (χ0n) is 16.2. The monoisotopic (exact) mass is 413 g/mol. The fourth-order valence-corrected chi connectivity index (χ4v) is 3.87. The minimum atomic E-state index is -0.153. The number of urea groups is 1. The van der Waals surface area contributed by atoms with Crippen molar-refractivity contribution in [3.63, 3.8) is 0 Å². The molecule has 152 valence electrons. The van der Waals surface area contributed by atoms with Gasteiger partial charge in [-0.1, -0.05) is 23.7 Å². The Kier molecular flexibility index (Phi) is 5.90. The van der Waals surface area contributed by atoms with Gasteiger partial charge in [-0.2, -0.15) is 0 Å². The molecular weight excluding hydrogens is 390 g/mol. The van der Waals surface area contributed by atoms with E-state index in [0.29, 0.717) is 49.9 Å². The SMILES string of the molecule is O=C(Cc1ccc2c(c1)CCO2)N1CCCN(C(=O)Nc2ccc(Cl)cc2)CC1. The molecule has 1 N–H and O–H groups in total. The van der Waals surface area contributed by atoms with Gasteiger partial charge in [0, 0.05) is 43.3 Å². The fraction of sp³-hybridized carbons (Fsp3) is 0.364. The Labute approximate surface area is 175 Å². The van der Waals surface area contributed by atoms with Gasteiger partial charge in [-0.3, -0.25) is 4.79 Å². The van der Waals surface area contributed by atoms with Crippen LogP contribution < -0.4 is 10.1 Å². The van der Waals surface area contributed by atoms with Gasteiger partial charge in [0.2, 0.25) is 5.91 Å². The lowest BCUT2D eigenvalue weighted by Crippen LogP contribution is -2.39. The van der Waals surface area contributed by atoms with Gasteiger partial charge in [-0.15, -0.1) is 0 Å². The van der Waals surface area contributed by atoms with E-state index < -0.39 is 0 Å². The summed E-state index contributed by atoms with van der Waals surface area (Å²) in [6, 6.07) is 12.9. The van der Waals surface area contributed by atoms with Crippen LogP contribution in [0.25, 0.3) is 0 Å². The summed E-state index contributed by atoms with van der Waals surface area (Å²) < 4.78 is 5.53. The summed E-state index contributed by atoms with van der Waals surface area (Å²) in [5.41, 5.74) is 2.90. The maximum absolute atomic E-state index is 12.8. The van der Waals surface area contributed by atoms with Crippen LogP contribution in [0.5, 0.6) is 5.75 Å². The zero-order valence-corrected chi connectivity index (χ0v) is 17.0. The highest BCUT2D eigenvalue weighted by Gasteiger charge is 2.23. The lowest BCUT2D eigenvalue weighted by atomic mass is 10.1. The average molecular weight is 414 g/mol. The third kappa shape index (κ3) is 4.82. The number of nitrogens with zero attached hydrogens (tertiary/aromatic N) is 2. The standard InChI is InChI=1S/C22H24ClN3O3/c23-18-3-5-19(6-4-18)24-22(28)26-10-1-9-25(11-12-26)21(27)15-16-2-7-20-17(14-16)8-13-29-20/h2-7,14H,1,8-13,15H2,(H,24,28). The molecule has 0 atom stereocenters. The quantitative estimate of drug-likeness (QED) is 0.836. The van der Waals surface area contributed by atoms with Crippen LogP contribution in [0.15, 0.2) is 42.5 Å². The van der Waals surface area contributed by atoms with Crippen molar-refractivity contribution in [1.29, 1.82) is 0 Å². The molecule has 2 aromatic rings. The number of nitrogens with one attached hydrogen (secondary N) is 1. The fourth-order valence-electron chi connectivity index (χ4n) is 3.74. The number of ether oxygens (including phenoxy) is 1. The Bertz CT molecular complexity index is 901. The molecule has 1 saturated heterocycles. The number of benzene rings is 2. The predicted molar refractivity (Wildman–Crippen MR) is 113 cm³/mol. The van der Waals surface area contributed by atoms with Crippen LogP contribution in [-0.4, -0.2) is 54.5 Å². The Balaban J connectivity index is 1.31. The molecule has 4 rings (SSSR count). The predicted octanol–water partition coefficient (Wildman–Crippen LogP) is 3.58. The number of hydrogen-bond donors (Lipinski definition) is 1. The maximum atomic E-state index is 12.8. The van der Waals surface area contributed by atoms with Gasteiger partial charge in [0.25, 0.3) is 0 Å². The Morgan fingerprint density at radius 2 is 1.76 bits per heavy atom. The molecule has 0 aromatic heterocycles. The minimum absolute atomic E-state index is 0.101. The van der Waals surface area contributed by atoms with Crippen molar-refractivity contribution >= 4 is 29.2 Å². The van der Waals surface area contributed by atoms with Gasteiger partial charge < -0.3 is 19.9 Å². The van der Waals surface area contributed by atoms with E-state index in [1.807, 2.05) is 17.0 Å². The van der Waals surface area contributed by atoms with Crippen LogP contribution >= 0.6 is 11.6 Å². The van der Waals surface area contributed by atoms with E-state index in [1.165, 1.54) is 5.56 Å². The van der Waals surface area contributed by atoms with Gasteiger partial charge in [-0.25, -0.2) is 4.79 Å². The van der Waals surface area contributed by atoms with Crippen molar-refractivity contribution in [1.82, 2.24) is 9.80 Å². The molecular formula is C22H24ClN3O3. The number of anilines is 1. The van der Waals surface area contributed by atoms with Crippen LogP contribution in [0.2, 0.25) is 5.02 Å². The van der Waals surface area contributed by atoms with E-state index >= 15 is 0 Å². The summed E-state index contributed by atoms with van der Waals surface area (Å²) in [4.78, 5) is 28.9. The number of carbonyl (C=O) groups excluding carboxylic acids is 2. The van der Waals surface area contributed by atoms with E-state index in [1.54, 1.807) is 29.2 Å². The van der Waals surface area contributed by atoms with Gasteiger partial charge in [0.15, 0.2) is 0 Å². The zero-order chi connectivity index (χ0) is 20.2. The van der Waals surface area contributed by atoms with Gasteiger partial charge in [0.1, 0.15) is 5.75 Å². The van der Waals surface area contributed by atoms with Crippen molar-refractivity contribution in [2.45, 2.75) is 19.3 Å². The summed E-state index contributed by atoms with van der Waals surface area (Å²) in [5, 5.41) is 3.52. The number of carbonyl (C=O) groups is 2. The number of fused-ring (bicyclic) bond motifs is 1. The molecule has 6 nitrogen and oxygen atoms in total. The van der Waals surface area contributed by atoms with Crippen LogP contribution in [0.1, 0.15) is 17.5 Å². The number of rotatable bonds is 3. The normalized spacial score (nSPS) is 16.0. The molecule has 2 heterocycles. The van der Waals surface area contributed by atoms with Crippen molar-refractivity contribution in [2.24, 2.45) is 0 Å². The van der Waals surface area contributed by atoms with E-state index in [2.05, 4.69) is 11.4 Å². The van der Waals surface area contributed by atoms with Gasteiger partial charge in [-0.05, 0) is 47.9 Å². The largest absolute Gasteiger partial charge is 0.493 e. The summed E-state index contributed by atoms with van der Waals surface area (Å²) in [5.74, 6) is 1.03.